The minimum absolute atomic E-state index is 0.205. The fourth-order valence-corrected chi connectivity index (χ4v) is 5.69. The van der Waals surface area contributed by atoms with Crippen molar-refractivity contribution >= 4 is 35.0 Å². The van der Waals surface area contributed by atoms with Crippen LogP contribution in [0.5, 0.6) is 17.2 Å². The average Bonchev–Trinajstić information content (AvgIpc) is 3.36. The number of carbonyl (C=O) groups is 2. The van der Waals surface area contributed by atoms with Crippen LogP contribution in [0.4, 0.5) is 0 Å². The number of fused-ring (bicyclic) bond motifs is 2. The lowest BCUT2D eigenvalue weighted by molar-refractivity contribution is -0.125. The zero-order valence-electron chi connectivity index (χ0n) is 23.8. The van der Waals surface area contributed by atoms with Crippen LogP contribution in [0.3, 0.4) is 0 Å². The number of halogens is 2. The van der Waals surface area contributed by atoms with Crippen LogP contribution in [-0.4, -0.2) is 41.4 Å². The number of hydrogen-bond acceptors (Lipinski definition) is 7. The lowest BCUT2D eigenvalue weighted by Crippen LogP contribution is -2.52. The highest BCUT2D eigenvalue weighted by Crippen LogP contribution is 2.41. The third-order valence-corrected chi connectivity index (χ3v) is 8.35. The minimum atomic E-state index is -0.700. The molecule has 0 radical (unpaired) electrons. The van der Waals surface area contributed by atoms with Gasteiger partial charge in [0, 0.05) is 26.9 Å². The first-order valence-electron chi connectivity index (χ1n) is 13.8. The second-order valence-corrected chi connectivity index (χ2v) is 11.3. The molecule has 11 heteroatoms. The van der Waals surface area contributed by atoms with E-state index in [0.29, 0.717) is 58.6 Å². The molecular weight excluding hydrogens is 593 g/mol. The summed E-state index contributed by atoms with van der Waals surface area (Å²) in [5.41, 5.74) is 3.85. The van der Waals surface area contributed by atoms with Crippen molar-refractivity contribution in [2.45, 2.75) is 45.6 Å². The molecule has 1 aromatic heterocycles. The van der Waals surface area contributed by atoms with Gasteiger partial charge in [0.05, 0.1) is 10.0 Å². The van der Waals surface area contributed by atoms with E-state index in [1.165, 1.54) is 4.90 Å². The van der Waals surface area contributed by atoms with E-state index in [1.807, 2.05) is 42.5 Å². The summed E-state index contributed by atoms with van der Waals surface area (Å²) in [5, 5.41) is 3.67. The molecule has 0 bridgehead atoms. The topological polar surface area (TPSA) is 103 Å². The fraction of sp³-hybridized carbons (Fsp3) is 0.281. The number of nitrogens with zero attached hydrogens (tertiary/aromatic N) is 2. The first-order valence-corrected chi connectivity index (χ1v) is 14.5. The van der Waals surface area contributed by atoms with E-state index in [0.717, 1.165) is 22.3 Å². The van der Waals surface area contributed by atoms with Gasteiger partial charge >= 0.3 is 0 Å². The van der Waals surface area contributed by atoms with Gasteiger partial charge in [-0.25, -0.2) is 4.98 Å². The number of aryl methyl sites for hydroxylation is 2. The van der Waals surface area contributed by atoms with Gasteiger partial charge in [0.1, 0.15) is 30.8 Å². The molecule has 0 spiro atoms. The molecule has 3 aromatic carbocycles. The molecule has 0 unspecified atom stereocenters. The van der Waals surface area contributed by atoms with E-state index in [-0.39, 0.29) is 30.2 Å². The zero-order valence-corrected chi connectivity index (χ0v) is 25.3. The van der Waals surface area contributed by atoms with Crippen molar-refractivity contribution in [3.8, 4) is 17.2 Å². The molecule has 2 aliphatic rings. The molecule has 0 saturated heterocycles. The molecule has 43 heavy (non-hydrogen) atoms. The number of benzene rings is 3. The van der Waals surface area contributed by atoms with Crippen LogP contribution in [0.2, 0.25) is 10.0 Å². The first-order chi connectivity index (χ1) is 20.7. The van der Waals surface area contributed by atoms with Crippen molar-refractivity contribution in [2.75, 3.05) is 13.7 Å². The third-order valence-electron chi connectivity index (χ3n) is 7.61. The minimum Gasteiger partial charge on any atom is -0.489 e. The summed E-state index contributed by atoms with van der Waals surface area (Å²) in [4.78, 5) is 32.2. The number of carbonyl (C=O) groups excluding carboxylic acids is 2. The maximum atomic E-state index is 13.5. The molecule has 1 N–H and O–H groups in total. The second-order valence-electron chi connectivity index (χ2n) is 10.5. The summed E-state index contributed by atoms with van der Waals surface area (Å²) in [6.45, 7) is 4.27. The van der Waals surface area contributed by atoms with Gasteiger partial charge in [-0.15, -0.1) is 0 Å². The predicted octanol–water partition coefficient (Wildman–Crippen LogP) is 6.00. The molecule has 2 amide bonds. The molecule has 222 valence electrons. The number of hydrogen-bond donors (Lipinski definition) is 1. The molecule has 0 saturated carbocycles. The number of aromatic nitrogens is 1. The van der Waals surface area contributed by atoms with Gasteiger partial charge < -0.3 is 28.8 Å². The number of rotatable bonds is 6. The first kappa shape index (κ1) is 28.9. The van der Waals surface area contributed by atoms with Gasteiger partial charge in [-0.3, -0.25) is 9.59 Å². The zero-order chi connectivity index (χ0) is 30.2. The second kappa shape index (κ2) is 11.8. The van der Waals surface area contributed by atoms with Gasteiger partial charge in [-0.1, -0.05) is 41.4 Å². The maximum absolute atomic E-state index is 13.5. The molecular formula is C32H29Cl2N3O6. The van der Waals surface area contributed by atoms with Crippen LogP contribution in [-0.2, 0) is 24.4 Å². The Labute approximate surface area is 258 Å². The number of nitrogens with one attached hydrogen (secondary N) is 1. The van der Waals surface area contributed by atoms with Crippen LogP contribution in [0.1, 0.15) is 50.5 Å². The van der Waals surface area contributed by atoms with E-state index in [2.05, 4.69) is 10.3 Å². The summed E-state index contributed by atoms with van der Waals surface area (Å²) in [7, 11) is 1.56. The Kier molecular flexibility index (Phi) is 7.94. The Morgan fingerprint density at radius 2 is 1.79 bits per heavy atom. The highest BCUT2D eigenvalue weighted by molar-refractivity contribution is 6.42. The number of oxazole rings is 1. The lowest BCUT2D eigenvalue weighted by atomic mass is 9.92. The largest absolute Gasteiger partial charge is 0.489 e. The Balaban J connectivity index is 1.18. The van der Waals surface area contributed by atoms with Crippen LogP contribution in [0, 0.1) is 13.8 Å². The number of ether oxygens (including phenoxy) is 3. The highest BCUT2D eigenvalue weighted by atomic mass is 35.5. The summed E-state index contributed by atoms with van der Waals surface area (Å²) in [6.07, 6.45) is -0.00391. The summed E-state index contributed by atoms with van der Waals surface area (Å²) >= 11 is 12.1. The van der Waals surface area contributed by atoms with Crippen LogP contribution < -0.4 is 19.5 Å². The smallest absolute Gasteiger partial charge is 0.277 e. The quantitative estimate of drug-likeness (QED) is 0.281. The molecule has 3 heterocycles. The van der Waals surface area contributed by atoms with E-state index < -0.39 is 6.04 Å². The van der Waals surface area contributed by atoms with Crippen molar-refractivity contribution in [2.24, 2.45) is 0 Å². The fourth-order valence-electron chi connectivity index (χ4n) is 5.37. The van der Waals surface area contributed by atoms with Gasteiger partial charge in [-0.2, -0.15) is 0 Å². The molecule has 6 rings (SSSR count). The van der Waals surface area contributed by atoms with Crippen molar-refractivity contribution in [1.29, 1.82) is 0 Å². The van der Waals surface area contributed by atoms with E-state index in [9.17, 15) is 9.59 Å². The van der Waals surface area contributed by atoms with Crippen molar-refractivity contribution < 1.29 is 28.2 Å². The molecule has 4 aromatic rings. The highest BCUT2D eigenvalue weighted by Gasteiger charge is 2.38. The third kappa shape index (κ3) is 5.87. The Morgan fingerprint density at radius 3 is 2.49 bits per heavy atom. The molecule has 9 nitrogen and oxygen atoms in total. The monoisotopic (exact) mass is 621 g/mol. The van der Waals surface area contributed by atoms with Crippen molar-refractivity contribution in [1.82, 2.24) is 15.2 Å². The number of likely N-dealkylation sites (N-methyl/N-ethyl adjacent to an activating group) is 1. The predicted molar refractivity (Wildman–Crippen MR) is 160 cm³/mol. The normalized spacial score (nSPS) is 17.3. The summed E-state index contributed by atoms with van der Waals surface area (Å²) in [5.74, 6) is 2.09. The Hall–Kier alpha value is -4.21. The van der Waals surface area contributed by atoms with Gasteiger partial charge in [-0.05, 0) is 65.6 Å². The summed E-state index contributed by atoms with van der Waals surface area (Å²) in [6, 6.07) is 16.2. The molecule has 2 atom stereocenters. The standard InChI is InChI=1S/C32H29Cl2N3O6/c1-17-30(36-18(2)42-17)32(39)37-14-22-13-28-27(12-21(22)11-26(37)31(38)35-3)41-16-29(43-28)20-5-7-23(8-6-20)40-15-19-4-9-24(33)25(34)10-19/h4-10,12-13,26,29H,11,14-16H2,1-3H3,(H,35,38)/t26-,29+/m0/s1. The molecule has 2 aliphatic heterocycles. The average molecular weight is 623 g/mol. The van der Waals surface area contributed by atoms with E-state index in [4.69, 9.17) is 41.8 Å². The van der Waals surface area contributed by atoms with E-state index >= 15 is 0 Å². The maximum Gasteiger partial charge on any atom is 0.277 e. The van der Waals surface area contributed by atoms with Gasteiger partial charge in [0.25, 0.3) is 5.91 Å². The van der Waals surface area contributed by atoms with E-state index in [1.54, 1.807) is 33.0 Å². The Morgan fingerprint density at radius 1 is 1.02 bits per heavy atom. The molecule has 0 aliphatic carbocycles. The lowest BCUT2D eigenvalue weighted by Gasteiger charge is -2.36. The molecule has 0 fully saturated rings. The van der Waals surface area contributed by atoms with Crippen molar-refractivity contribution in [3.63, 3.8) is 0 Å². The Bertz CT molecular complexity index is 1700. The van der Waals surface area contributed by atoms with Gasteiger partial charge in [0.15, 0.2) is 29.2 Å². The van der Waals surface area contributed by atoms with Gasteiger partial charge in [0.2, 0.25) is 5.91 Å². The van der Waals surface area contributed by atoms with Crippen LogP contribution in [0.15, 0.2) is 59.0 Å². The van der Waals surface area contributed by atoms with Crippen LogP contribution in [0.25, 0.3) is 0 Å². The number of amides is 2. The summed E-state index contributed by atoms with van der Waals surface area (Å²) < 4.78 is 23.9. The van der Waals surface area contributed by atoms with Crippen LogP contribution >= 0.6 is 23.2 Å². The SMILES string of the molecule is CNC(=O)[C@@H]1Cc2cc3c(cc2CN1C(=O)c1nc(C)oc1C)O[C@@H](c1ccc(OCc2ccc(Cl)c(Cl)c2)cc1)CO3. The van der Waals surface area contributed by atoms with Crippen molar-refractivity contribution in [3.05, 3.63) is 104 Å².